The lowest BCUT2D eigenvalue weighted by atomic mass is 10.1. The minimum atomic E-state index is -0.914. The van der Waals surface area contributed by atoms with Crippen molar-refractivity contribution in [1.29, 1.82) is 0 Å². The third-order valence-corrected chi connectivity index (χ3v) is 3.18. The van der Waals surface area contributed by atoms with Gasteiger partial charge in [-0.05, 0) is 18.6 Å². The van der Waals surface area contributed by atoms with Gasteiger partial charge in [-0.3, -0.25) is 9.59 Å². The smallest absolute Gasteiger partial charge is 0.303 e. The fourth-order valence-electron chi connectivity index (χ4n) is 1.99. The van der Waals surface area contributed by atoms with E-state index in [1.165, 1.54) is 4.57 Å². The number of carboxylic acid groups (broad SMARTS) is 1. The summed E-state index contributed by atoms with van der Waals surface area (Å²) in [5.74, 6) is -0.914. The van der Waals surface area contributed by atoms with Crippen molar-refractivity contribution in [3.8, 4) is 0 Å². The van der Waals surface area contributed by atoms with Gasteiger partial charge in [0.05, 0.1) is 10.5 Å². The lowest BCUT2D eigenvalue weighted by Gasteiger charge is -2.09. The Kier molecular flexibility index (Phi) is 3.39. The molecule has 0 spiro atoms. The van der Waals surface area contributed by atoms with Crippen LogP contribution in [0.1, 0.15) is 12.0 Å². The van der Waals surface area contributed by atoms with E-state index in [9.17, 15) is 9.59 Å². The number of rotatable bonds is 3. The number of para-hydroxylation sites is 1. The van der Waals surface area contributed by atoms with Gasteiger partial charge in [0.1, 0.15) is 0 Å². The Bertz CT molecular complexity index is 676. The molecule has 1 N–H and O–H groups in total. The molecule has 0 amide bonds. The Morgan fingerprint density at radius 3 is 2.83 bits per heavy atom. The molecule has 0 saturated heterocycles. The fourth-order valence-corrected chi connectivity index (χ4v) is 2.30. The summed E-state index contributed by atoms with van der Waals surface area (Å²) in [6.07, 6.45) is 0.172. The summed E-state index contributed by atoms with van der Waals surface area (Å²) in [5.41, 5.74) is 0.967. The maximum absolute atomic E-state index is 12.1. The Morgan fingerprint density at radius 2 is 2.17 bits per heavy atom. The molecule has 1 aromatic heterocycles. The fraction of sp³-hybridized carbons (Fsp3) is 0.231. The first kappa shape index (κ1) is 12.6. The van der Waals surface area contributed by atoms with Crippen molar-refractivity contribution in [3.05, 3.63) is 45.2 Å². The Labute approximate surface area is 108 Å². The van der Waals surface area contributed by atoms with Crippen LogP contribution in [0.3, 0.4) is 0 Å². The van der Waals surface area contributed by atoms with Crippen LogP contribution in [-0.4, -0.2) is 15.6 Å². The number of carboxylic acids is 1. The van der Waals surface area contributed by atoms with Crippen LogP contribution in [0, 0.1) is 0 Å². The van der Waals surface area contributed by atoms with Crippen molar-refractivity contribution >= 4 is 28.5 Å². The quantitative estimate of drug-likeness (QED) is 0.926. The van der Waals surface area contributed by atoms with Gasteiger partial charge in [0.15, 0.2) is 0 Å². The molecule has 1 heterocycles. The molecule has 2 rings (SSSR count). The van der Waals surface area contributed by atoms with Crippen molar-refractivity contribution < 1.29 is 9.90 Å². The summed E-state index contributed by atoms with van der Waals surface area (Å²) in [6.45, 7) is 0. The van der Waals surface area contributed by atoms with E-state index in [1.54, 1.807) is 25.2 Å². The third kappa shape index (κ3) is 2.24. The van der Waals surface area contributed by atoms with E-state index in [4.69, 9.17) is 16.7 Å². The predicted molar refractivity (Wildman–Crippen MR) is 70.2 cm³/mol. The SMILES string of the molecule is Cn1c(=O)c(CCC(=O)O)cc2cccc(Cl)c21. The van der Waals surface area contributed by atoms with Crippen molar-refractivity contribution in [2.75, 3.05) is 0 Å². The molecule has 0 unspecified atom stereocenters. The average Bonchev–Trinajstić information content (AvgIpc) is 2.31. The molecule has 0 atom stereocenters. The Balaban J connectivity index is 2.61. The molecule has 94 valence electrons. The number of aromatic nitrogens is 1. The highest BCUT2D eigenvalue weighted by molar-refractivity contribution is 6.35. The monoisotopic (exact) mass is 265 g/mol. The van der Waals surface area contributed by atoms with Crippen LogP contribution < -0.4 is 5.56 Å². The number of carbonyl (C=O) groups is 1. The number of nitrogens with zero attached hydrogens (tertiary/aromatic N) is 1. The highest BCUT2D eigenvalue weighted by atomic mass is 35.5. The van der Waals surface area contributed by atoms with E-state index >= 15 is 0 Å². The summed E-state index contributed by atoms with van der Waals surface area (Å²) in [7, 11) is 1.64. The van der Waals surface area contributed by atoms with Crippen molar-refractivity contribution in [2.45, 2.75) is 12.8 Å². The molecule has 5 heteroatoms. The lowest BCUT2D eigenvalue weighted by molar-refractivity contribution is -0.136. The first-order valence-corrected chi connectivity index (χ1v) is 5.87. The number of aliphatic carboxylic acids is 1. The first-order chi connectivity index (χ1) is 8.50. The molecule has 0 bridgehead atoms. The molecular weight excluding hydrogens is 254 g/mol. The summed E-state index contributed by atoms with van der Waals surface area (Å²) >= 11 is 6.06. The third-order valence-electron chi connectivity index (χ3n) is 2.87. The number of fused-ring (bicyclic) bond motifs is 1. The van der Waals surface area contributed by atoms with Crippen LogP contribution in [0.4, 0.5) is 0 Å². The zero-order chi connectivity index (χ0) is 13.3. The van der Waals surface area contributed by atoms with Gasteiger partial charge < -0.3 is 9.67 Å². The van der Waals surface area contributed by atoms with Gasteiger partial charge in [-0.25, -0.2) is 0 Å². The number of pyridine rings is 1. The van der Waals surface area contributed by atoms with Crippen molar-refractivity contribution in [1.82, 2.24) is 4.57 Å². The van der Waals surface area contributed by atoms with Crippen molar-refractivity contribution in [3.63, 3.8) is 0 Å². The predicted octanol–water partition coefficient (Wildman–Crippen LogP) is 2.21. The minimum Gasteiger partial charge on any atom is -0.481 e. The highest BCUT2D eigenvalue weighted by Crippen LogP contribution is 2.22. The maximum Gasteiger partial charge on any atom is 0.303 e. The minimum absolute atomic E-state index is 0.0543. The number of hydrogen-bond donors (Lipinski definition) is 1. The van der Waals surface area contributed by atoms with Gasteiger partial charge in [-0.2, -0.15) is 0 Å². The van der Waals surface area contributed by atoms with Gasteiger partial charge in [0, 0.05) is 24.4 Å². The van der Waals surface area contributed by atoms with Gasteiger partial charge in [-0.15, -0.1) is 0 Å². The van der Waals surface area contributed by atoms with Crippen LogP contribution in [0.25, 0.3) is 10.9 Å². The van der Waals surface area contributed by atoms with Crippen molar-refractivity contribution in [2.24, 2.45) is 7.05 Å². The van der Waals surface area contributed by atoms with Gasteiger partial charge >= 0.3 is 5.97 Å². The molecule has 0 fully saturated rings. The molecule has 0 saturated carbocycles. The molecule has 1 aromatic carbocycles. The Morgan fingerprint density at radius 1 is 1.44 bits per heavy atom. The highest BCUT2D eigenvalue weighted by Gasteiger charge is 2.10. The second kappa shape index (κ2) is 4.82. The topological polar surface area (TPSA) is 59.3 Å². The summed E-state index contributed by atoms with van der Waals surface area (Å²) in [6, 6.07) is 7.09. The van der Waals surface area contributed by atoms with E-state index in [0.717, 1.165) is 5.39 Å². The van der Waals surface area contributed by atoms with E-state index in [0.29, 0.717) is 16.1 Å². The second-order valence-electron chi connectivity index (χ2n) is 4.11. The lowest BCUT2D eigenvalue weighted by Crippen LogP contribution is -2.22. The number of hydrogen-bond acceptors (Lipinski definition) is 2. The van der Waals surface area contributed by atoms with Crippen LogP contribution in [0.2, 0.25) is 5.02 Å². The van der Waals surface area contributed by atoms with E-state index in [1.807, 2.05) is 6.07 Å². The van der Waals surface area contributed by atoms with Crippen LogP contribution in [0.15, 0.2) is 29.1 Å². The number of halogens is 1. The maximum atomic E-state index is 12.1. The van der Waals surface area contributed by atoms with E-state index in [-0.39, 0.29) is 18.4 Å². The second-order valence-corrected chi connectivity index (χ2v) is 4.51. The summed E-state index contributed by atoms with van der Waals surface area (Å²) < 4.78 is 1.47. The number of benzene rings is 1. The zero-order valence-electron chi connectivity index (χ0n) is 9.81. The Hall–Kier alpha value is -1.81. The van der Waals surface area contributed by atoms with Crippen LogP contribution in [-0.2, 0) is 18.3 Å². The molecule has 0 aliphatic rings. The molecule has 0 aliphatic carbocycles. The standard InChI is InChI=1S/C13H12ClNO3/c1-15-12-8(3-2-4-10(12)14)7-9(13(15)18)5-6-11(16)17/h2-4,7H,5-6H2,1H3,(H,16,17). The summed E-state index contributed by atoms with van der Waals surface area (Å²) in [4.78, 5) is 22.6. The number of aryl methyl sites for hydroxylation is 2. The largest absolute Gasteiger partial charge is 0.481 e. The average molecular weight is 266 g/mol. The molecule has 0 aliphatic heterocycles. The zero-order valence-corrected chi connectivity index (χ0v) is 10.6. The van der Waals surface area contributed by atoms with Crippen LogP contribution >= 0.6 is 11.6 Å². The van der Waals surface area contributed by atoms with Gasteiger partial charge in [0.2, 0.25) is 0 Å². The molecule has 0 radical (unpaired) electrons. The van der Waals surface area contributed by atoms with E-state index in [2.05, 4.69) is 0 Å². The van der Waals surface area contributed by atoms with Gasteiger partial charge in [-0.1, -0.05) is 23.7 Å². The normalized spacial score (nSPS) is 10.8. The van der Waals surface area contributed by atoms with Crippen LogP contribution in [0.5, 0.6) is 0 Å². The molecule has 18 heavy (non-hydrogen) atoms. The molecular formula is C13H12ClNO3. The first-order valence-electron chi connectivity index (χ1n) is 5.49. The van der Waals surface area contributed by atoms with E-state index < -0.39 is 5.97 Å². The molecule has 2 aromatic rings. The summed E-state index contributed by atoms with van der Waals surface area (Å²) in [5, 5.41) is 10.0. The molecule has 4 nitrogen and oxygen atoms in total. The van der Waals surface area contributed by atoms with Gasteiger partial charge in [0.25, 0.3) is 5.56 Å².